The summed E-state index contributed by atoms with van der Waals surface area (Å²) in [6.45, 7) is 8.59. The number of benzene rings is 1. The summed E-state index contributed by atoms with van der Waals surface area (Å²) in [5.74, 6) is 1.11. The number of pyridine rings is 1. The molecule has 0 unspecified atom stereocenters. The normalized spacial score (nSPS) is 10.7. The Labute approximate surface area is 127 Å². The van der Waals surface area contributed by atoms with Crippen LogP contribution in [-0.2, 0) is 13.5 Å². The zero-order valence-corrected chi connectivity index (χ0v) is 13.8. The van der Waals surface area contributed by atoms with Gasteiger partial charge in [-0.3, -0.25) is 4.98 Å². The molecule has 2 heterocycles. The van der Waals surface area contributed by atoms with Crippen LogP contribution in [0.5, 0.6) is 0 Å². The van der Waals surface area contributed by atoms with Crippen LogP contribution in [0.1, 0.15) is 45.0 Å². The van der Waals surface area contributed by atoms with Gasteiger partial charge in [0.15, 0.2) is 0 Å². The summed E-state index contributed by atoms with van der Waals surface area (Å²) in [5, 5.41) is 1.19. The van der Waals surface area contributed by atoms with Crippen molar-refractivity contribution < 1.29 is 0 Å². The van der Waals surface area contributed by atoms with Gasteiger partial charge in [0, 0.05) is 18.9 Å². The number of nitrogens with zero attached hydrogens (tertiary/aromatic N) is 3. The number of hydrogen-bond acceptors (Lipinski definition) is 2. The molecule has 0 bridgehead atoms. The lowest BCUT2D eigenvalue weighted by atomic mass is 10.1. The molecule has 112 valence electrons. The van der Waals surface area contributed by atoms with Gasteiger partial charge in [-0.15, -0.1) is 0 Å². The van der Waals surface area contributed by atoms with E-state index in [0.717, 1.165) is 23.3 Å². The fraction of sp³-hybridized carbons (Fsp3) is 0.444. The topological polar surface area (TPSA) is 30.7 Å². The average molecular weight is 283 g/mol. The smallest absolute Gasteiger partial charge is 0.109 e. The van der Waals surface area contributed by atoms with Crippen LogP contribution in [0.4, 0.5) is 0 Å². The molecule has 0 fully saturated rings. The molecule has 3 nitrogen and oxygen atoms in total. The van der Waals surface area contributed by atoms with Gasteiger partial charge in [0.25, 0.3) is 0 Å². The van der Waals surface area contributed by atoms with Crippen LogP contribution in [0.2, 0.25) is 0 Å². The molecule has 21 heavy (non-hydrogen) atoms. The van der Waals surface area contributed by atoms with Crippen LogP contribution in [0.15, 0.2) is 24.4 Å². The maximum Gasteiger partial charge on any atom is 0.109 e. The van der Waals surface area contributed by atoms with E-state index < -0.39 is 0 Å². The molecule has 0 spiro atoms. The molecule has 3 rings (SSSR count). The molecular weight excluding hydrogens is 258 g/mol. The lowest BCUT2D eigenvalue weighted by molar-refractivity contribution is 0.830. The van der Waals surface area contributed by atoms with Gasteiger partial charge >= 0.3 is 0 Å². The third-order valence-electron chi connectivity index (χ3n) is 3.76. The Hall–Kier alpha value is -1.90. The molecule has 0 aliphatic carbocycles. The minimum absolute atomic E-state index is 0.943. The van der Waals surface area contributed by atoms with Gasteiger partial charge in [-0.1, -0.05) is 45.2 Å². The van der Waals surface area contributed by atoms with E-state index in [9.17, 15) is 0 Å². The maximum absolute atomic E-state index is 4.61. The second-order valence-corrected chi connectivity index (χ2v) is 5.45. The molecule has 1 aromatic carbocycles. The minimum Gasteiger partial charge on any atom is -0.331 e. The third-order valence-corrected chi connectivity index (χ3v) is 3.76. The van der Waals surface area contributed by atoms with Crippen molar-refractivity contribution in [1.29, 1.82) is 0 Å². The highest BCUT2D eigenvalue weighted by atomic mass is 15.1. The number of fused-ring (bicyclic) bond motifs is 3. The molecule has 0 N–H and O–H groups in total. The van der Waals surface area contributed by atoms with E-state index >= 15 is 0 Å². The van der Waals surface area contributed by atoms with Crippen molar-refractivity contribution in [3.05, 3.63) is 35.8 Å². The van der Waals surface area contributed by atoms with Crippen molar-refractivity contribution in [2.45, 2.75) is 47.0 Å². The minimum atomic E-state index is 0.943. The molecule has 0 saturated heterocycles. The lowest BCUT2D eigenvalue weighted by Gasteiger charge is -2.03. The van der Waals surface area contributed by atoms with Crippen molar-refractivity contribution >= 4 is 21.9 Å². The number of hydrogen-bond donors (Lipinski definition) is 0. The van der Waals surface area contributed by atoms with Crippen LogP contribution in [0, 0.1) is 6.92 Å². The van der Waals surface area contributed by atoms with Gasteiger partial charge < -0.3 is 4.57 Å². The van der Waals surface area contributed by atoms with Crippen LogP contribution in [0.3, 0.4) is 0 Å². The highest BCUT2D eigenvalue weighted by Crippen LogP contribution is 2.24. The molecule has 2 aromatic heterocycles. The Kier molecular flexibility index (Phi) is 4.94. The second kappa shape index (κ2) is 6.70. The van der Waals surface area contributed by atoms with Gasteiger partial charge in [0.2, 0.25) is 0 Å². The summed E-state index contributed by atoms with van der Waals surface area (Å²) in [6, 6.07) is 6.35. The van der Waals surface area contributed by atoms with Gasteiger partial charge in [0.1, 0.15) is 11.3 Å². The molecule has 0 amide bonds. The van der Waals surface area contributed by atoms with Gasteiger partial charge in [0.05, 0.1) is 17.2 Å². The first-order valence-corrected chi connectivity index (χ1v) is 7.83. The van der Waals surface area contributed by atoms with E-state index in [-0.39, 0.29) is 0 Å². The number of imidazole rings is 1. The molecule has 3 heteroatoms. The Morgan fingerprint density at radius 3 is 2.38 bits per heavy atom. The summed E-state index contributed by atoms with van der Waals surface area (Å²) in [7, 11) is 2.08. The van der Waals surface area contributed by atoms with Gasteiger partial charge in [-0.2, -0.15) is 0 Å². The Balaban J connectivity index is 0.000000361. The van der Waals surface area contributed by atoms with Crippen molar-refractivity contribution in [3.8, 4) is 0 Å². The standard InChI is InChI=1S/C14H15N3.C4H10/c1-4-13-16-12-8-15-11-6-5-9(2)7-10(11)14(12)17(13)3;1-3-4-2/h5-8H,4H2,1-3H3;3-4H2,1-2H3. The lowest BCUT2D eigenvalue weighted by Crippen LogP contribution is -1.95. The molecular formula is C18H25N3. The Morgan fingerprint density at radius 1 is 1.05 bits per heavy atom. The van der Waals surface area contributed by atoms with Crippen molar-refractivity contribution in [1.82, 2.24) is 14.5 Å². The predicted octanol–water partition coefficient (Wildman–Crippen LogP) is 4.80. The summed E-state index contributed by atoms with van der Waals surface area (Å²) < 4.78 is 2.18. The number of rotatable bonds is 2. The largest absolute Gasteiger partial charge is 0.331 e. The number of aromatic nitrogens is 3. The first kappa shape index (κ1) is 15.5. The van der Waals surface area contributed by atoms with E-state index in [4.69, 9.17) is 0 Å². The second-order valence-electron chi connectivity index (χ2n) is 5.45. The van der Waals surface area contributed by atoms with E-state index in [1.807, 2.05) is 6.20 Å². The quantitative estimate of drug-likeness (QED) is 0.676. The zero-order valence-electron chi connectivity index (χ0n) is 13.8. The van der Waals surface area contributed by atoms with Gasteiger partial charge in [-0.25, -0.2) is 4.98 Å². The maximum atomic E-state index is 4.61. The van der Waals surface area contributed by atoms with Crippen molar-refractivity contribution in [2.24, 2.45) is 7.05 Å². The summed E-state index contributed by atoms with van der Waals surface area (Å²) in [6.07, 6.45) is 5.45. The highest BCUT2D eigenvalue weighted by molar-refractivity contribution is 6.02. The molecule has 0 atom stereocenters. The van der Waals surface area contributed by atoms with E-state index in [1.54, 1.807) is 0 Å². The van der Waals surface area contributed by atoms with Crippen LogP contribution in [-0.4, -0.2) is 14.5 Å². The van der Waals surface area contributed by atoms with Crippen LogP contribution < -0.4 is 0 Å². The summed E-state index contributed by atoms with van der Waals surface area (Å²) in [4.78, 5) is 9.07. The monoisotopic (exact) mass is 283 g/mol. The molecule has 0 radical (unpaired) electrons. The molecule has 0 saturated carbocycles. The number of unbranched alkanes of at least 4 members (excludes halogenated alkanes) is 1. The van der Waals surface area contributed by atoms with Crippen LogP contribution >= 0.6 is 0 Å². The molecule has 3 aromatic rings. The zero-order chi connectivity index (χ0) is 15.4. The van der Waals surface area contributed by atoms with Crippen molar-refractivity contribution in [3.63, 3.8) is 0 Å². The first-order valence-electron chi connectivity index (χ1n) is 7.83. The van der Waals surface area contributed by atoms with E-state index in [0.29, 0.717) is 0 Å². The fourth-order valence-electron chi connectivity index (χ4n) is 2.38. The Morgan fingerprint density at radius 2 is 1.76 bits per heavy atom. The van der Waals surface area contributed by atoms with Crippen molar-refractivity contribution in [2.75, 3.05) is 0 Å². The van der Waals surface area contributed by atoms with Crippen LogP contribution in [0.25, 0.3) is 21.9 Å². The average Bonchev–Trinajstić information content (AvgIpc) is 2.84. The first-order chi connectivity index (χ1) is 10.1. The van der Waals surface area contributed by atoms with E-state index in [2.05, 4.69) is 67.5 Å². The predicted molar refractivity (Wildman–Crippen MR) is 90.7 cm³/mol. The van der Waals surface area contributed by atoms with E-state index in [1.165, 1.54) is 29.3 Å². The molecule has 0 aliphatic heterocycles. The van der Waals surface area contributed by atoms with Gasteiger partial charge in [-0.05, 0) is 19.1 Å². The SMILES string of the molecule is CCCC.CCc1nc2cnc3ccc(C)cc3c2n1C. The summed E-state index contributed by atoms with van der Waals surface area (Å²) in [5.41, 5.74) is 4.47. The Bertz CT molecular complexity index is 739. The third kappa shape index (κ3) is 3.07. The fourth-order valence-corrected chi connectivity index (χ4v) is 2.38. The molecule has 0 aliphatic rings. The highest BCUT2D eigenvalue weighted by Gasteiger charge is 2.10. The summed E-state index contributed by atoms with van der Waals surface area (Å²) >= 11 is 0. The number of aryl methyl sites for hydroxylation is 3.